The number of hydrogen-bond donors (Lipinski definition) is 2. The molecular weight excluding hydrogens is 491 g/mol. The molecular formula is C23H35IN4O2. The third-order valence-electron chi connectivity index (χ3n) is 4.62. The molecule has 0 aliphatic heterocycles. The van der Waals surface area contributed by atoms with Gasteiger partial charge in [-0.3, -0.25) is 0 Å². The molecule has 0 saturated carbocycles. The molecule has 0 aromatic heterocycles. The van der Waals surface area contributed by atoms with E-state index >= 15 is 0 Å². The highest BCUT2D eigenvalue weighted by atomic mass is 127. The first-order chi connectivity index (χ1) is 14.2. The molecule has 2 aromatic carbocycles. The largest absolute Gasteiger partial charge is 0.493 e. The fourth-order valence-corrected chi connectivity index (χ4v) is 2.98. The van der Waals surface area contributed by atoms with Gasteiger partial charge in [-0.1, -0.05) is 24.3 Å². The maximum atomic E-state index is 5.37. The van der Waals surface area contributed by atoms with Crippen LogP contribution in [0.1, 0.15) is 25.3 Å². The van der Waals surface area contributed by atoms with Crippen molar-refractivity contribution in [3.8, 4) is 11.5 Å². The highest BCUT2D eigenvalue weighted by molar-refractivity contribution is 14.0. The first-order valence-electron chi connectivity index (χ1n) is 10.2. The molecule has 0 unspecified atom stereocenters. The quantitative estimate of drug-likeness (QED) is 0.198. The highest BCUT2D eigenvalue weighted by Crippen LogP contribution is 2.27. The number of aliphatic imine (C=N–C) groups is 1. The van der Waals surface area contributed by atoms with E-state index in [4.69, 9.17) is 9.47 Å². The lowest BCUT2D eigenvalue weighted by atomic mass is 10.2. The summed E-state index contributed by atoms with van der Waals surface area (Å²) in [5.41, 5.74) is 2.33. The van der Waals surface area contributed by atoms with Crippen molar-refractivity contribution in [2.75, 3.05) is 45.8 Å². The van der Waals surface area contributed by atoms with Crippen molar-refractivity contribution >= 4 is 35.6 Å². The van der Waals surface area contributed by atoms with E-state index in [9.17, 15) is 0 Å². The van der Waals surface area contributed by atoms with Crippen LogP contribution in [0.15, 0.2) is 53.5 Å². The molecule has 7 heteroatoms. The van der Waals surface area contributed by atoms with E-state index in [-0.39, 0.29) is 24.0 Å². The zero-order chi connectivity index (χ0) is 20.9. The van der Waals surface area contributed by atoms with E-state index in [1.54, 1.807) is 14.2 Å². The summed E-state index contributed by atoms with van der Waals surface area (Å²) in [5, 5.41) is 6.72. The van der Waals surface area contributed by atoms with Crippen LogP contribution >= 0.6 is 24.0 Å². The molecule has 166 valence electrons. The number of hydrogen-bond acceptors (Lipinski definition) is 4. The maximum Gasteiger partial charge on any atom is 0.191 e. The van der Waals surface area contributed by atoms with E-state index in [1.807, 2.05) is 24.3 Å². The monoisotopic (exact) mass is 526 g/mol. The van der Waals surface area contributed by atoms with Crippen molar-refractivity contribution in [2.45, 2.75) is 26.3 Å². The SMILES string of the molecule is CCNC(=NCc1ccc(OC)c(OC)c1)NCCCCN(C)c1ccccc1.I. The molecule has 0 aliphatic rings. The molecule has 0 radical (unpaired) electrons. The lowest BCUT2D eigenvalue weighted by Gasteiger charge is -2.19. The Labute approximate surface area is 198 Å². The van der Waals surface area contributed by atoms with Crippen LogP contribution in [0.2, 0.25) is 0 Å². The molecule has 0 atom stereocenters. The van der Waals surface area contributed by atoms with Crippen molar-refractivity contribution < 1.29 is 9.47 Å². The minimum Gasteiger partial charge on any atom is -0.493 e. The molecule has 0 amide bonds. The van der Waals surface area contributed by atoms with Crippen LogP contribution in [0.5, 0.6) is 11.5 Å². The predicted molar refractivity (Wildman–Crippen MR) is 137 cm³/mol. The van der Waals surface area contributed by atoms with E-state index in [1.165, 1.54) is 5.69 Å². The molecule has 0 aliphatic carbocycles. The number of anilines is 1. The summed E-state index contributed by atoms with van der Waals surface area (Å²) in [7, 11) is 5.42. The number of nitrogens with one attached hydrogen (secondary N) is 2. The van der Waals surface area contributed by atoms with Crippen LogP contribution in [-0.4, -0.2) is 46.9 Å². The zero-order valence-electron chi connectivity index (χ0n) is 18.5. The van der Waals surface area contributed by atoms with Crippen molar-refractivity contribution in [1.29, 1.82) is 0 Å². The maximum absolute atomic E-state index is 5.37. The van der Waals surface area contributed by atoms with Crippen LogP contribution in [0.3, 0.4) is 0 Å². The van der Waals surface area contributed by atoms with Gasteiger partial charge < -0.3 is 25.0 Å². The van der Waals surface area contributed by atoms with Gasteiger partial charge in [0.15, 0.2) is 17.5 Å². The van der Waals surface area contributed by atoms with Gasteiger partial charge in [0.1, 0.15) is 0 Å². The molecule has 2 rings (SSSR count). The number of nitrogens with zero attached hydrogens (tertiary/aromatic N) is 2. The Bertz CT molecular complexity index is 756. The van der Waals surface area contributed by atoms with Crippen LogP contribution < -0.4 is 25.0 Å². The Morgan fingerprint density at radius 3 is 2.37 bits per heavy atom. The van der Waals surface area contributed by atoms with Gasteiger partial charge in [0.2, 0.25) is 0 Å². The fourth-order valence-electron chi connectivity index (χ4n) is 2.98. The van der Waals surface area contributed by atoms with Gasteiger partial charge in [-0.15, -0.1) is 24.0 Å². The van der Waals surface area contributed by atoms with Crippen LogP contribution in [0.4, 0.5) is 5.69 Å². The summed E-state index contributed by atoms with van der Waals surface area (Å²) in [4.78, 5) is 6.97. The summed E-state index contributed by atoms with van der Waals surface area (Å²) in [6, 6.07) is 16.4. The Kier molecular flexibility index (Phi) is 12.7. The number of rotatable bonds is 11. The number of benzene rings is 2. The molecule has 0 heterocycles. The summed E-state index contributed by atoms with van der Waals surface area (Å²) in [6.07, 6.45) is 2.20. The smallest absolute Gasteiger partial charge is 0.191 e. The van der Waals surface area contributed by atoms with Crippen molar-refractivity contribution in [3.05, 3.63) is 54.1 Å². The van der Waals surface area contributed by atoms with Crippen molar-refractivity contribution in [2.24, 2.45) is 4.99 Å². The van der Waals surface area contributed by atoms with Gasteiger partial charge in [-0.25, -0.2) is 4.99 Å². The van der Waals surface area contributed by atoms with E-state index in [2.05, 4.69) is 58.8 Å². The molecule has 0 spiro atoms. The third kappa shape index (κ3) is 8.69. The standard InChI is InChI=1S/C23H34N4O2.HI/c1-5-24-23(26-18-19-13-14-21(28-3)22(17-19)29-4)25-15-9-10-16-27(2)20-11-7-6-8-12-20;/h6-8,11-14,17H,5,9-10,15-16,18H2,1-4H3,(H2,24,25,26);1H. The number of guanidine groups is 1. The lowest BCUT2D eigenvalue weighted by Crippen LogP contribution is -2.38. The first-order valence-corrected chi connectivity index (χ1v) is 10.2. The number of ether oxygens (including phenoxy) is 2. The number of methoxy groups -OCH3 is 2. The van der Waals surface area contributed by atoms with Crippen molar-refractivity contribution in [1.82, 2.24) is 10.6 Å². The Hall–Kier alpha value is -2.16. The van der Waals surface area contributed by atoms with Gasteiger partial charge >= 0.3 is 0 Å². The summed E-state index contributed by atoms with van der Waals surface area (Å²) < 4.78 is 10.7. The second-order valence-electron chi connectivity index (χ2n) is 6.78. The van der Waals surface area contributed by atoms with Crippen molar-refractivity contribution in [3.63, 3.8) is 0 Å². The van der Waals surface area contributed by atoms with Crippen LogP contribution in [0.25, 0.3) is 0 Å². The van der Waals surface area contributed by atoms with Gasteiger partial charge in [0.25, 0.3) is 0 Å². The Morgan fingerprint density at radius 1 is 0.967 bits per heavy atom. The number of unbranched alkanes of at least 4 members (excludes halogenated alkanes) is 1. The van der Waals surface area contributed by atoms with Gasteiger partial charge in [-0.05, 0) is 49.6 Å². The lowest BCUT2D eigenvalue weighted by molar-refractivity contribution is 0.354. The van der Waals surface area contributed by atoms with E-state index in [0.29, 0.717) is 6.54 Å². The molecule has 2 aromatic rings. The summed E-state index contributed by atoms with van der Waals surface area (Å²) in [5.74, 6) is 2.28. The first kappa shape index (κ1) is 25.9. The minimum absolute atomic E-state index is 0. The Balaban J connectivity index is 0.00000450. The summed E-state index contributed by atoms with van der Waals surface area (Å²) >= 11 is 0. The molecule has 6 nitrogen and oxygen atoms in total. The van der Waals surface area contributed by atoms with Crippen LogP contribution in [0, 0.1) is 0 Å². The molecule has 30 heavy (non-hydrogen) atoms. The van der Waals surface area contributed by atoms with Crippen LogP contribution in [-0.2, 0) is 6.54 Å². The molecule has 0 saturated heterocycles. The van der Waals surface area contributed by atoms with Gasteiger partial charge in [0, 0.05) is 32.4 Å². The fraction of sp³-hybridized carbons (Fsp3) is 0.435. The zero-order valence-corrected chi connectivity index (χ0v) is 20.8. The minimum atomic E-state index is 0. The highest BCUT2D eigenvalue weighted by Gasteiger charge is 2.05. The van der Waals surface area contributed by atoms with Gasteiger partial charge in [-0.2, -0.15) is 0 Å². The molecule has 2 N–H and O–H groups in total. The third-order valence-corrected chi connectivity index (χ3v) is 4.62. The average Bonchev–Trinajstić information content (AvgIpc) is 2.77. The predicted octanol–water partition coefficient (Wildman–Crippen LogP) is 4.29. The Morgan fingerprint density at radius 2 is 1.70 bits per heavy atom. The number of para-hydroxylation sites is 1. The van der Waals surface area contributed by atoms with E-state index < -0.39 is 0 Å². The normalized spacial score (nSPS) is 10.7. The average molecular weight is 526 g/mol. The van der Waals surface area contributed by atoms with Gasteiger partial charge in [0.05, 0.1) is 20.8 Å². The van der Waals surface area contributed by atoms with E-state index in [0.717, 1.165) is 55.5 Å². The number of halogens is 1. The second-order valence-corrected chi connectivity index (χ2v) is 6.78. The topological polar surface area (TPSA) is 58.1 Å². The molecule has 0 bridgehead atoms. The summed E-state index contributed by atoms with van der Waals surface area (Å²) in [6.45, 7) is 5.40. The molecule has 0 fully saturated rings. The second kappa shape index (κ2) is 14.8.